The summed E-state index contributed by atoms with van der Waals surface area (Å²) in [6.07, 6.45) is 0. The standard InChI is InChI=1S/C13H17N5S/c1-8-4-5-11(6-9(8)2)16-13(14)15-7-12-10(3)17-18-19-12/h4-6H,7H2,1-3H3,(H3,14,15,16). The van der Waals surface area contributed by atoms with Crippen molar-refractivity contribution in [1.82, 2.24) is 9.59 Å². The van der Waals surface area contributed by atoms with Crippen LogP contribution in [0.5, 0.6) is 0 Å². The number of benzene rings is 1. The van der Waals surface area contributed by atoms with E-state index in [9.17, 15) is 0 Å². The number of hydrogen-bond donors (Lipinski definition) is 2. The minimum atomic E-state index is 0.399. The second-order valence-corrected chi connectivity index (χ2v) is 5.25. The first-order chi connectivity index (χ1) is 9.06. The lowest BCUT2D eigenvalue weighted by molar-refractivity contribution is 1.02. The maximum atomic E-state index is 5.86. The van der Waals surface area contributed by atoms with Crippen LogP contribution in [-0.4, -0.2) is 15.5 Å². The van der Waals surface area contributed by atoms with Crippen LogP contribution in [0.4, 0.5) is 5.69 Å². The highest BCUT2D eigenvalue weighted by Crippen LogP contribution is 2.14. The summed E-state index contributed by atoms with van der Waals surface area (Å²) >= 11 is 1.35. The number of aromatic nitrogens is 2. The lowest BCUT2D eigenvalue weighted by atomic mass is 10.1. The normalized spacial score (nSPS) is 11.6. The predicted octanol–water partition coefficient (Wildman–Crippen LogP) is 2.39. The topological polar surface area (TPSA) is 76.2 Å². The van der Waals surface area contributed by atoms with Gasteiger partial charge in [0.25, 0.3) is 0 Å². The molecule has 0 aliphatic carbocycles. The van der Waals surface area contributed by atoms with Gasteiger partial charge < -0.3 is 11.1 Å². The Hall–Kier alpha value is -1.95. The summed E-state index contributed by atoms with van der Waals surface area (Å²) in [6, 6.07) is 6.10. The van der Waals surface area contributed by atoms with E-state index >= 15 is 0 Å². The molecule has 2 aromatic rings. The summed E-state index contributed by atoms with van der Waals surface area (Å²) in [5.41, 5.74) is 10.2. The van der Waals surface area contributed by atoms with E-state index in [1.54, 1.807) is 0 Å². The summed E-state index contributed by atoms with van der Waals surface area (Å²) < 4.78 is 3.87. The molecule has 19 heavy (non-hydrogen) atoms. The molecule has 0 saturated heterocycles. The molecule has 1 heterocycles. The van der Waals surface area contributed by atoms with Crippen LogP contribution in [0.25, 0.3) is 0 Å². The highest BCUT2D eigenvalue weighted by atomic mass is 32.1. The van der Waals surface area contributed by atoms with E-state index in [4.69, 9.17) is 5.73 Å². The van der Waals surface area contributed by atoms with E-state index in [0.717, 1.165) is 16.3 Å². The highest BCUT2D eigenvalue weighted by molar-refractivity contribution is 7.05. The fourth-order valence-electron chi connectivity index (χ4n) is 1.56. The molecule has 0 amide bonds. The minimum absolute atomic E-state index is 0.399. The molecule has 0 spiro atoms. The monoisotopic (exact) mass is 275 g/mol. The summed E-state index contributed by atoms with van der Waals surface area (Å²) in [6.45, 7) is 6.57. The zero-order valence-corrected chi connectivity index (χ0v) is 12.1. The number of nitrogens with zero attached hydrogens (tertiary/aromatic N) is 3. The number of aliphatic imine (C=N–C) groups is 1. The molecule has 0 unspecified atom stereocenters. The van der Waals surface area contributed by atoms with Gasteiger partial charge >= 0.3 is 0 Å². The predicted molar refractivity (Wildman–Crippen MR) is 79.5 cm³/mol. The molecule has 0 fully saturated rings. The zero-order valence-electron chi connectivity index (χ0n) is 11.3. The van der Waals surface area contributed by atoms with E-state index in [1.807, 2.05) is 13.0 Å². The van der Waals surface area contributed by atoms with Gasteiger partial charge in [0.2, 0.25) is 0 Å². The molecule has 0 atom stereocenters. The van der Waals surface area contributed by atoms with Crippen molar-refractivity contribution in [2.75, 3.05) is 5.32 Å². The van der Waals surface area contributed by atoms with Crippen molar-refractivity contribution >= 4 is 23.2 Å². The van der Waals surface area contributed by atoms with Gasteiger partial charge in [0.05, 0.1) is 17.1 Å². The van der Waals surface area contributed by atoms with Gasteiger partial charge in [-0.25, -0.2) is 4.99 Å². The molecule has 5 nitrogen and oxygen atoms in total. The second kappa shape index (κ2) is 5.79. The van der Waals surface area contributed by atoms with Crippen LogP contribution >= 0.6 is 11.5 Å². The Morgan fingerprint density at radius 2 is 2.11 bits per heavy atom. The van der Waals surface area contributed by atoms with Crippen LogP contribution in [0.15, 0.2) is 23.2 Å². The van der Waals surface area contributed by atoms with Gasteiger partial charge in [-0.15, -0.1) is 5.10 Å². The number of nitrogens with two attached hydrogens (primary N) is 1. The number of guanidine groups is 1. The van der Waals surface area contributed by atoms with E-state index in [1.165, 1.54) is 22.7 Å². The SMILES string of the molecule is Cc1ccc(NC(N)=NCc2snnc2C)cc1C. The van der Waals surface area contributed by atoms with Crippen LogP contribution in [0.3, 0.4) is 0 Å². The Morgan fingerprint density at radius 1 is 1.32 bits per heavy atom. The maximum absolute atomic E-state index is 5.86. The maximum Gasteiger partial charge on any atom is 0.193 e. The lowest BCUT2D eigenvalue weighted by Gasteiger charge is -2.07. The van der Waals surface area contributed by atoms with E-state index in [2.05, 4.69) is 45.9 Å². The van der Waals surface area contributed by atoms with E-state index in [-0.39, 0.29) is 0 Å². The van der Waals surface area contributed by atoms with Gasteiger partial charge in [-0.2, -0.15) is 0 Å². The fraction of sp³-hybridized carbons (Fsp3) is 0.308. The van der Waals surface area contributed by atoms with Crippen molar-refractivity contribution in [1.29, 1.82) is 0 Å². The zero-order chi connectivity index (χ0) is 13.8. The average molecular weight is 275 g/mol. The number of nitrogens with one attached hydrogen (secondary N) is 1. The molecule has 0 bridgehead atoms. The quantitative estimate of drug-likeness (QED) is 0.666. The lowest BCUT2D eigenvalue weighted by Crippen LogP contribution is -2.22. The number of anilines is 1. The van der Waals surface area contributed by atoms with E-state index in [0.29, 0.717) is 12.5 Å². The van der Waals surface area contributed by atoms with Crippen molar-refractivity contribution in [2.24, 2.45) is 10.7 Å². The molecule has 0 saturated carbocycles. The average Bonchev–Trinajstić information content (AvgIpc) is 2.77. The fourth-order valence-corrected chi connectivity index (χ4v) is 2.12. The summed E-state index contributed by atoms with van der Waals surface area (Å²) in [4.78, 5) is 5.32. The Labute approximate surface area is 116 Å². The van der Waals surface area contributed by atoms with Crippen LogP contribution in [0.2, 0.25) is 0 Å². The van der Waals surface area contributed by atoms with Gasteiger partial charge in [-0.1, -0.05) is 10.6 Å². The van der Waals surface area contributed by atoms with E-state index < -0.39 is 0 Å². The molecular weight excluding hydrogens is 258 g/mol. The third kappa shape index (κ3) is 3.51. The number of aryl methyl sites for hydroxylation is 3. The molecule has 6 heteroatoms. The highest BCUT2D eigenvalue weighted by Gasteiger charge is 2.02. The molecule has 1 aromatic carbocycles. The van der Waals surface area contributed by atoms with Crippen molar-refractivity contribution in [2.45, 2.75) is 27.3 Å². The molecule has 0 aliphatic rings. The Bertz CT molecular complexity index is 603. The third-order valence-electron chi connectivity index (χ3n) is 2.92. The van der Waals surface area contributed by atoms with Gasteiger partial charge in [-0.3, -0.25) is 0 Å². The summed E-state index contributed by atoms with van der Waals surface area (Å²) in [5.74, 6) is 0.399. The van der Waals surface area contributed by atoms with Gasteiger partial charge in [0.1, 0.15) is 0 Å². The van der Waals surface area contributed by atoms with Crippen LogP contribution in [0.1, 0.15) is 21.7 Å². The molecular formula is C13H17N5S. The second-order valence-electron chi connectivity index (χ2n) is 4.41. The third-order valence-corrected chi connectivity index (χ3v) is 3.73. The number of rotatable bonds is 3. The smallest absolute Gasteiger partial charge is 0.193 e. The van der Waals surface area contributed by atoms with Crippen LogP contribution in [0, 0.1) is 20.8 Å². The minimum Gasteiger partial charge on any atom is -0.370 e. The Kier molecular flexibility index (Phi) is 4.11. The van der Waals surface area contributed by atoms with Crippen molar-refractivity contribution < 1.29 is 0 Å². The van der Waals surface area contributed by atoms with Crippen LogP contribution < -0.4 is 11.1 Å². The van der Waals surface area contributed by atoms with Gasteiger partial charge in [0.15, 0.2) is 5.96 Å². The molecule has 1 aromatic heterocycles. The van der Waals surface area contributed by atoms with Crippen molar-refractivity contribution in [3.63, 3.8) is 0 Å². The molecule has 0 aliphatic heterocycles. The van der Waals surface area contributed by atoms with Crippen molar-refractivity contribution in [3.05, 3.63) is 39.9 Å². The summed E-state index contributed by atoms with van der Waals surface area (Å²) in [5, 5.41) is 7.02. The largest absolute Gasteiger partial charge is 0.370 e. The number of hydrogen-bond acceptors (Lipinski definition) is 4. The molecule has 2 rings (SSSR count). The van der Waals surface area contributed by atoms with Crippen LogP contribution in [-0.2, 0) is 6.54 Å². The molecule has 3 N–H and O–H groups in total. The summed E-state index contributed by atoms with van der Waals surface area (Å²) in [7, 11) is 0. The first-order valence-corrected chi connectivity index (χ1v) is 6.75. The molecule has 100 valence electrons. The Morgan fingerprint density at radius 3 is 2.74 bits per heavy atom. The van der Waals surface area contributed by atoms with Gasteiger partial charge in [0, 0.05) is 5.69 Å². The Balaban J connectivity index is 2.02. The van der Waals surface area contributed by atoms with Crippen molar-refractivity contribution in [3.8, 4) is 0 Å². The molecule has 0 radical (unpaired) electrons. The first-order valence-electron chi connectivity index (χ1n) is 5.98. The first kappa shape index (κ1) is 13.5. The van der Waals surface area contributed by atoms with Gasteiger partial charge in [-0.05, 0) is 55.6 Å².